The molecule has 0 aliphatic heterocycles. The predicted octanol–water partition coefficient (Wildman–Crippen LogP) is 14.6. The molecule has 0 bridgehead atoms. The summed E-state index contributed by atoms with van der Waals surface area (Å²) < 4.78 is 18.6. The lowest BCUT2D eigenvalue weighted by molar-refractivity contribution is 0.492. The van der Waals surface area contributed by atoms with Gasteiger partial charge in [0.2, 0.25) is 0 Å². The molecule has 0 unspecified atom stereocenters. The van der Waals surface area contributed by atoms with Gasteiger partial charge in [0.15, 0.2) is 0 Å². The molecule has 0 saturated carbocycles. The zero-order chi connectivity index (χ0) is 41.0. The van der Waals surface area contributed by atoms with E-state index in [9.17, 15) is 19.2 Å². The first-order chi connectivity index (χ1) is 28.9. The van der Waals surface area contributed by atoms with Crippen molar-refractivity contribution in [2.24, 2.45) is 5.73 Å². The van der Waals surface area contributed by atoms with Crippen molar-refractivity contribution < 1.29 is 4.42 Å². The minimum Gasteiger partial charge on any atom is -0.386 e. The molecule has 0 amide bonds. The van der Waals surface area contributed by atoms with E-state index in [0.29, 0.717) is 17.3 Å². The molecular formula is C44H44N2O5S8. The molecule has 10 rings (SSSR count). The van der Waals surface area contributed by atoms with Gasteiger partial charge >= 0.3 is 11.3 Å². The zero-order valence-electron chi connectivity index (χ0n) is 32.9. The van der Waals surface area contributed by atoms with E-state index >= 15 is 0 Å². The molecule has 10 heterocycles. The molecular weight excluding hydrogens is 893 g/mol. The van der Waals surface area contributed by atoms with Crippen LogP contribution in [0, 0.1) is 0 Å². The number of rotatable bonds is 13. The van der Waals surface area contributed by atoms with Gasteiger partial charge < -0.3 is 10.2 Å². The van der Waals surface area contributed by atoms with E-state index < -0.39 is 11.3 Å². The summed E-state index contributed by atoms with van der Waals surface area (Å²) in [5, 5.41) is 10.6. The highest BCUT2D eigenvalue weighted by Crippen LogP contribution is 2.45. The van der Waals surface area contributed by atoms with Crippen LogP contribution >= 0.6 is 90.7 Å². The third kappa shape index (κ3) is 8.44. The number of fused-ring (bicyclic) bond motifs is 14. The van der Waals surface area contributed by atoms with E-state index in [1.54, 1.807) is 68.0 Å². The highest BCUT2D eigenvalue weighted by molar-refractivity contribution is 7.39. The molecule has 10 aromatic heterocycles. The fourth-order valence-electron chi connectivity index (χ4n) is 7.42. The molecule has 0 fully saturated rings. The first-order valence-electron chi connectivity index (χ1n) is 20.2. The number of thiophene rings is 8. The minimum absolute atomic E-state index is 0.111. The Morgan fingerprint density at radius 1 is 0.458 bits per heavy atom. The van der Waals surface area contributed by atoms with Gasteiger partial charge in [0.05, 0.1) is 59.1 Å². The van der Waals surface area contributed by atoms with Crippen LogP contribution in [0.4, 0.5) is 0 Å². The van der Waals surface area contributed by atoms with Crippen LogP contribution in [0.25, 0.3) is 77.9 Å². The SMILES string of the molecule is CCCCCCCCN.CCCCCCCCn1c(=O)c2c3sccc3sc2c2sc3ccsc3c2c1=O.O=c1oc(=O)c2c3sccc3sc2c2sc3ccsc3c12. The Labute approximate surface area is 371 Å². The van der Waals surface area contributed by atoms with E-state index in [1.807, 2.05) is 33.7 Å². The quantitative estimate of drug-likeness (QED) is 0.115. The maximum absolute atomic E-state index is 13.6. The third-order valence-corrected chi connectivity index (χ3v) is 19.6. The normalized spacial score (nSPS) is 11.8. The number of nitrogens with two attached hydrogens (primary N) is 1. The Balaban J connectivity index is 0.000000141. The van der Waals surface area contributed by atoms with Gasteiger partial charge in [0.25, 0.3) is 11.1 Å². The summed E-state index contributed by atoms with van der Waals surface area (Å²) in [6.45, 7) is 5.82. The number of nitrogens with zero attached hydrogens (tertiary/aromatic N) is 1. The van der Waals surface area contributed by atoms with Crippen LogP contribution in [0.1, 0.15) is 90.9 Å². The summed E-state index contributed by atoms with van der Waals surface area (Å²) in [6.07, 6.45) is 14.9. The van der Waals surface area contributed by atoms with E-state index in [-0.39, 0.29) is 11.1 Å². The largest absolute Gasteiger partial charge is 0.386 e. The average molecular weight is 937 g/mol. The van der Waals surface area contributed by atoms with Crippen LogP contribution in [0.5, 0.6) is 0 Å². The molecule has 308 valence electrons. The second-order valence-electron chi connectivity index (χ2n) is 14.4. The number of unbranched alkanes of at least 4 members (excludes halogenated alkanes) is 10. The molecule has 59 heavy (non-hydrogen) atoms. The molecule has 0 saturated heterocycles. The van der Waals surface area contributed by atoms with Crippen LogP contribution in [0.15, 0.2) is 69.4 Å². The van der Waals surface area contributed by atoms with Gasteiger partial charge in [-0.2, -0.15) is 0 Å². The molecule has 0 radical (unpaired) electrons. The lowest BCUT2D eigenvalue weighted by Gasteiger charge is -2.03. The lowest BCUT2D eigenvalue weighted by atomic mass is 10.1. The fourth-order valence-corrected chi connectivity index (χ4v) is 17.1. The van der Waals surface area contributed by atoms with Crippen LogP contribution in [0.2, 0.25) is 0 Å². The second-order valence-corrected chi connectivity index (χ2v) is 22.3. The molecule has 0 atom stereocenters. The van der Waals surface area contributed by atoms with Crippen LogP contribution in [-0.4, -0.2) is 11.1 Å². The predicted molar refractivity (Wildman–Crippen MR) is 267 cm³/mol. The number of hydrogen-bond acceptors (Lipinski definition) is 14. The van der Waals surface area contributed by atoms with Gasteiger partial charge in [-0.3, -0.25) is 14.2 Å². The summed E-state index contributed by atoms with van der Waals surface area (Å²) in [5.41, 5.74) is 4.06. The topological polar surface area (TPSA) is 112 Å². The van der Waals surface area contributed by atoms with Gasteiger partial charge in [0.1, 0.15) is 0 Å². The molecule has 7 nitrogen and oxygen atoms in total. The van der Waals surface area contributed by atoms with Crippen molar-refractivity contribution in [3.8, 4) is 0 Å². The molecule has 0 aliphatic carbocycles. The van der Waals surface area contributed by atoms with Crippen molar-refractivity contribution in [2.45, 2.75) is 97.4 Å². The highest BCUT2D eigenvalue weighted by atomic mass is 32.1. The van der Waals surface area contributed by atoms with Gasteiger partial charge in [-0.1, -0.05) is 78.1 Å². The van der Waals surface area contributed by atoms with Crippen LogP contribution in [0.3, 0.4) is 0 Å². The van der Waals surface area contributed by atoms with Crippen LogP contribution in [-0.2, 0) is 6.54 Å². The highest BCUT2D eigenvalue weighted by Gasteiger charge is 2.21. The number of aromatic nitrogens is 1. The van der Waals surface area contributed by atoms with E-state index in [4.69, 9.17) is 10.2 Å². The van der Waals surface area contributed by atoms with Gasteiger partial charge in [-0.15, -0.1) is 90.7 Å². The standard InChI is InChI=1S/C22H21NO2S4.C14H4O3S4.C8H19N/c1-2-3-4-5-6-7-10-23-21(24)15-17-13(8-11-26-17)28-19(15)20-16(22(23)25)18-14(29-20)9-12-27-18;15-13-7-9-5(1-3-18-9)20-11(7)12-8(14(16)17-13)10-6(21-12)2-4-19-10;1-2-3-4-5-6-7-8-9/h8-9,11-12H,2-7,10H2,1H3;1-4H;2-9H2,1H3. The van der Waals surface area contributed by atoms with Crippen LogP contribution < -0.4 is 28.1 Å². The van der Waals surface area contributed by atoms with Crippen molar-refractivity contribution in [1.82, 2.24) is 4.57 Å². The Morgan fingerprint density at radius 2 is 0.797 bits per heavy atom. The fraction of sp³-hybridized carbons (Fsp3) is 0.364. The van der Waals surface area contributed by atoms with Gasteiger partial charge in [-0.05, 0) is 65.2 Å². The van der Waals surface area contributed by atoms with Crippen molar-refractivity contribution in [3.63, 3.8) is 0 Å². The molecule has 2 N–H and O–H groups in total. The Kier molecular flexibility index (Phi) is 13.9. The summed E-state index contributed by atoms with van der Waals surface area (Å²) in [6, 6.07) is 8.18. The third-order valence-electron chi connectivity index (χ3n) is 10.4. The van der Waals surface area contributed by atoms with E-state index in [0.717, 1.165) is 86.6 Å². The summed E-state index contributed by atoms with van der Waals surface area (Å²) in [5.74, 6) is 0. The van der Waals surface area contributed by atoms with Crippen molar-refractivity contribution in [2.75, 3.05) is 6.54 Å². The molecule has 0 aromatic carbocycles. The maximum Gasteiger partial charge on any atom is 0.349 e. The first kappa shape index (κ1) is 42.6. The molecule has 0 spiro atoms. The smallest absolute Gasteiger partial charge is 0.349 e. The Bertz CT molecular complexity index is 3080. The molecule has 0 aliphatic rings. The van der Waals surface area contributed by atoms with E-state index in [1.165, 1.54) is 91.4 Å². The molecule has 10 aromatic rings. The summed E-state index contributed by atoms with van der Waals surface area (Å²) >= 11 is 12.7. The minimum atomic E-state index is -0.531. The van der Waals surface area contributed by atoms with Gasteiger partial charge in [0, 0.05) is 25.3 Å². The Morgan fingerprint density at radius 3 is 1.19 bits per heavy atom. The monoisotopic (exact) mass is 936 g/mol. The van der Waals surface area contributed by atoms with Crippen molar-refractivity contribution in [3.05, 3.63) is 87.3 Å². The molecule has 15 heteroatoms. The van der Waals surface area contributed by atoms with Gasteiger partial charge in [-0.25, -0.2) is 9.59 Å². The van der Waals surface area contributed by atoms with E-state index in [2.05, 4.69) is 26.0 Å². The Hall–Kier alpha value is -3.12. The second kappa shape index (κ2) is 19.3. The average Bonchev–Trinajstić information content (AvgIpc) is 4.07. The first-order valence-corrected chi connectivity index (χ1v) is 27.0. The summed E-state index contributed by atoms with van der Waals surface area (Å²) in [7, 11) is 0. The summed E-state index contributed by atoms with van der Waals surface area (Å²) in [4.78, 5) is 51.7. The lowest BCUT2D eigenvalue weighted by Crippen LogP contribution is -2.30. The maximum atomic E-state index is 13.6. The van der Waals surface area contributed by atoms with Crippen molar-refractivity contribution >= 4 is 169 Å². The van der Waals surface area contributed by atoms with Crippen molar-refractivity contribution in [1.29, 1.82) is 0 Å². The number of hydrogen-bond donors (Lipinski definition) is 1. The zero-order valence-corrected chi connectivity index (χ0v) is 39.4.